The number of carbonyl (C=O) groups excluding carboxylic acids is 1. The van der Waals surface area contributed by atoms with E-state index in [0.29, 0.717) is 42.5 Å². The van der Waals surface area contributed by atoms with Gasteiger partial charge in [-0.1, -0.05) is 35.7 Å². The number of urea groups is 1. The molecule has 1 aliphatic carbocycles. The van der Waals surface area contributed by atoms with Crippen LogP contribution in [0.25, 0.3) is 0 Å². The lowest BCUT2D eigenvalue weighted by atomic mass is 9.64. The van der Waals surface area contributed by atoms with Crippen molar-refractivity contribution < 1.29 is 14.7 Å². The summed E-state index contributed by atoms with van der Waals surface area (Å²) < 4.78 is 0. The monoisotopic (exact) mass is 384 g/mol. The summed E-state index contributed by atoms with van der Waals surface area (Å²) in [6.45, 7) is 1.44. The Morgan fingerprint density at radius 3 is 2.28 bits per heavy atom. The number of piperidine rings is 1. The van der Waals surface area contributed by atoms with Crippen molar-refractivity contribution in [1.82, 2.24) is 10.2 Å². The summed E-state index contributed by atoms with van der Waals surface area (Å²) in [5.41, 5.74) is 0.722. The van der Waals surface area contributed by atoms with Gasteiger partial charge < -0.3 is 15.3 Å². The quantitative estimate of drug-likeness (QED) is 0.826. The highest BCUT2D eigenvalue weighted by molar-refractivity contribution is 6.36. The molecule has 1 saturated heterocycles. The molecule has 136 valence electrons. The molecule has 2 amide bonds. The molecule has 1 heterocycles. The Labute approximate surface area is 157 Å². The highest BCUT2D eigenvalue weighted by Gasteiger charge is 2.42. The Morgan fingerprint density at radius 1 is 1.20 bits per heavy atom. The zero-order chi connectivity index (χ0) is 18.0. The first-order valence-corrected chi connectivity index (χ1v) is 9.39. The van der Waals surface area contributed by atoms with E-state index in [0.717, 1.165) is 24.8 Å². The predicted octanol–water partition coefficient (Wildman–Crippen LogP) is 3.92. The minimum atomic E-state index is -0.776. The molecule has 3 rings (SSSR count). The van der Waals surface area contributed by atoms with Gasteiger partial charge in [-0.05, 0) is 43.4 Å². The summed E-state index contributed by atoms with van der Waals surface area (Å²) in [5, 5.41) is 13.3. The van der Waals surface area contributed by atoms with Gasteiger partial charge in [-0.15, -0.1) is 0 Å². The second-order valence-electron chi connectivity index (χ2n) is 6.99. The topological polar surface area (TPSA) is 69.6 Å². The summed E-state index contributed by atoms with van der Waals surface area (Å²) in [7, 11) is 0. The van der Waals surface area contributed by atoms with Crippen LogP contribution in [-0.4, -0.2) is 41.6 Å². The van der Waals surface area contributed by atoms with E-state index in [4.69, 9.17) is 28.3 Å². The van der Waals surface area contributed by atoms with Crippen molar-refractivity contribution in [2.45, 2.75) is 37.5 Å². The SMILES string of the molecule is O=C(O)C1CCN(C(=O)NCC2(c3c(Cl)cccc3Cl)CCC2)CC1. The largest absolute Gasteiger partial charge is 0.481 e. The molecule has 1 aromatic rings. The van der Waals surface area contributed by atoms with Crippen LogP contribution in [-0.2, 0) is 10.2 Å². The number of rotatable bonds is 4. The third kappa shape index (κ3) is 3.72. The van der Waals surface area contributed by atoms with Gasteiger partial charge in [-0.3, -0.25) is 4.79 Å². The third-order valence-electron chi connectivity index (χ3n) is 5.51. The average molecular weight is 385 g/mol. The van der Waals surface area contributed by atoms with Crippen molar-refractivity contribution >= 4 is 35.2 Å². The number of aliphatic carboxylic acids is 1. The van der Waals surface area contributed by atoms with Crippen LogP contribution in [0.2, 0.25) is 10.0 Å². The van der Waals surface area contributed by atoms with Crippen molar-refractivity contribution in [1.29, 1.82) is 0 Å². The van der Waals surface area contributed by atoms with Crippen molar-refractivity contribution in [2.24, 2.45) is 5.92 Å². The van der Waals surface area contributed by atoms with E-state index in [1.165, 1.54) is 0 Å². The number of benzene rings is 1. The van der Waals surface area contributed by atoms with Gasteiger partial charge in [0.15, 0.2) is 0 Å². The van der Waals surface area contributed by atoms with E-state index in [-0.39, 0.29) is 17.4 Å². The standard InChI is InChI=1S/C18H22Cl2N2O3/c19-13-3-1-4-14(20)15(13)18(7-2-8-18)11-21-17(25)22-9-5-12(6-10-22)16(23)24/h1,3-4,12H,2,5-11H2,(H,21,25)(H,23,24). The van der Waals surface area contributed by atoms with Crippen LogP contribution in [0.1, 0.15) is 37.7 Å². The molecular formula is C18H22Cl2N2O3. The molecule has 2 fully saturated rings. The number of carboxylic acid groups (broad SMARTS) is 1. The molecular weight excluding hydrogens is 363 g/mol. The van der Waals surface area contributed by atoms with Gasteiger partial charge in [-0.25, -0.2) is 4.79 Å². The molecule has 0 spiro atoms. The Kier molecular flexibility index (Phi) is 5.44. The number of hydrogen-bond donors (Lipinski definition) is 2. The second-order valence-corrected chi connectivity index (χ2v) is 7.80. The minimum Gasteiger partial charge on any atom is -0.481 e. The maximum absolute atomic E-state index is 12.5. The number of amides is 2. The van der Waals surface area contributed by atoms with Crippen LogP contribution in [0, 0.1) is 5.92 Å². The maximum atomic E-state index is 12.5. The fourth-order valence-corrected chi connectivity index (χ4v) is 4.61. The van der Waals surface area contributed by atoms with E-state index in [1.54, 1.807) is 4.90 Å². The number of halogens is 2. The number of nitrogens with zero attached hydrogens (tertiary/aromatic N) is 1. The summed E-state index contributed by atoms with van der Waals surface area (Å²) in [4.78, 5) is 25.2. The molecule has 0 unspecified atom stereocenters. The molecule has 1 saturated carbocycles. The van der Waals surface area contributed by atoms with Crippen LogP contribution in [0.5, 0.6) is 0 Å². The molecule has 0 radical (unpaired) electrons. The average Bonchev–Trinajstić information content (AvgIpc) is 2.55. The van der Waals surface area contributed by atoms with Crippen molar-refractivity contribution in [3.63, 3.8) is 0 Å². The molecule has 0 bridgehead atoms. The molecule has 1 aromatic carbocycles. The molecule has 7 heteroatoms. The maximum Gasteiger partial charge on any atom is 0.317 e. The van der Waals surface area contributed by atoms with E-state index in [1.807, 2.05) is 18.2 Å². The fourth-order valence-electron chi connectivity index (χ4n) is 3.81. The first-order chi connectivity index (χ1) is 11.9. The van der Waals surface area contributed by atoms with Crippen LogP contribution < -0.4 is 5.32 Å². The lowest BCUT2D eigenvalue weighted by Gasteiger charge is -2.44. The number of likely N-dealkylation sites (tertiary alicyclic amines) is 1. The first-order valence-electron chi connectivity index (χ1n) is 8.63. The second kappa shape index (κ2) is 7.42. The van der Waals surface area contributed by atoms with Gasteiger partial charge in [0.25, 0.3) is 0 Å². The summed E-state index contributed by atoms with van der Waals surface area (Å²) in [6.07, 6.45) is 3.98. The highest BCUT2D eigenvalue weighted by atomic mass is 35.5. The molecule has 0 aromatic heterocycles. The Bertz CT molecular complexity index is 648. The van der Waals surface area contributed by atoms with E-state index < -0.39 is 5.97 Å². The van der Waals surface area contributed by atoms with Crippen LogP contribution in [0.15, 0.2) is 18.2 Å². The van der Waals surface area contributed by atoms with Gasteiger partial charge in [0.1, 0.15) is 0 Å². The number of carboxylic acids is 1. The summed E-state index contributed by atoms with van der Waals surface area (Å²) in [6, 6.07) is 5.35. The van der Waals surface area contributed by atoms with Gasteiger partial charge in [0.2, 0.25) is 0 Å². The summed E-state index contributed by atoms with van der Waals surface area (Å²) >= 11 is 12.7. The van der Waals surface area contributed by atoms with Gasteiger partial charge in [-0.2, -0.15) is 0 Å². The highest BCUT2D eigenvalue weighted by Crippen LogP contribution is 2.48. The lowest BCUT2D eigenvalue weighted by molar-refractivity contribution is -0.143. The van der Waals surface area contributed by atoms with Crippen LogP contribution in [0.3, 0.4) is 0 Å². The Morgan fingerprint density at radius 2 is 1.80 bits per heavy atom. The zero-order valence-electron chi connectivity index (χ0n) is 13.9. The third-order valence-corrected chi connectivity index (χ3v) is 6.14. The van der Waals surface area contributed by atoms with Gasteiger partial charge in [0.05, 0.1) is 5.92 Å². The minimum absolute atomic E-state index is 0.140. The number of carbonyl (C=O) groups is 2. The molecule has 1 aliphatic heterocycles. The van der Waals surface area contributed by atoms with E-state index in [2.05, 4.69) is 5.32 Å². The Hall–Kier alpha value is -1.46. The molecule has 2 aliphatic rings. The lowest BCUT2D eigenvalue weighted by Crippen LogP contribution is -2.51. The van der Waals surface area contributed by atoms with E-state index >= 15 is 0 Å². The van der Waals surface area contributed by atoms with Crippen LogP contribution in [0.4, 0.5) is 4.79 Å². The smallest absolute Gasteiger partial charge is 0.317 e. The first kappa shape index (κ1) is 18.3. The molecule has 0 atom stereocenters. The normalized spacial score (nSPS) is 20.0. The van der Waals surface area contributed by atoms with Crippen molar-refractivity contribution in [3.05, 3.63) is 33.8 Å². The van der Waals surface area contributed by atoms with E-state index in [9.17, 15) is 9.59 Å². The van der Waals surface area contributed by atoms with Crippen LogP contribution >= 0.6 is 23.2 Å². The zero-order valence-corrected chi connectivity index (χ0v) is 15.4. The van der Waals surface area contributed by atoms with Gasteiger partial charge >= 0.3 is 12.0 Å². The van der Waals surface area contributed by atoms with Crippen molar-refractivity contribution in [3.8, 4) is 0 Å². The fraction of sp³-hybridized carbons (Fsp3) is 0.556. The molecule has 5 nitrogen and oxygen atoms in total. The molecule has 25 heavy (non-hydrogen) atoms. The van der Waals surface area contributed by atoms with Crippen molar-refractivity contribution in [2.75, 3.05) is 19.6 Å². The summed E-state index contributed by atoms with van der Waals surface area (Å²) in [5.74, 6) is -1.12. The number of nitrogens with one attached hydrogen (secondary N) is 1. The molecule has 2 N–H and O–H groups in total. The number of hydrogen-bond acceptors (Lipinski definition) is 2. The Balaban J connectivity index is 1.62. The predicted molar refractivity (Wildman–Crippen MR) is 97.3 cm³/mol. The van der Waals surface area contributed by atoms with Gasteiger partial charge in [0, 0.05) is 35.1 Å².